The van der Waals surface area contributed by atoms with Crippen molar-refractivity contribution in [1.29, 1.82) is 0 Å². The molecule has 1 aromatic heterocycles. The molecule has 1 amide bonds. The molecular formula is C18H24N2O5S. The largest absolute Gasteiger partial charge is 0.497 e. The summed E-state index contributed by atoms with van der Waals surface area (Å²) in [4.78, 5) is 16.1. The Balaban J connectivity index is 2.11. The van der Waals surface area contributed by atoms with Crippen LogP contribution in [0.1, 0.15) is 31.7 Å². The van der Waals surface area contributed by atoms with Crippen LogP contribution in [0.15, 0.2) is 28.7 Å². The molecule has 1 aromatic carbocycles. The second-order valence-electron chi connectivity index (χ2n) is 6.16. The lowest BCUT2D eigenvalue weighted by atomic mass is 10.2. The lowest BCUT2D eigenvalue weighted by Gasteiger charge is -2.11. The molecule has 0 aliphatic heterocycles. The molecule has 0 aliphatic carbocycles. The van der Waals surface area contributed by atoms with Gasteiger partial charge in [-0.25, -0.2) is 13.4 Å². The first-order valence-electron chi connectivity index (χ1n) is 8.34. The van der Waals surface area contributed by atoms with E-state index in [1.54, 1.807) is 38.3 Å². The number of nitrogens with zero attached hydrogens (tertiary/aromatic N) is 1. The lowest BCUT2D eigenvalue weighted by molar-refractivity contribution is -0.119. The van der Waals surface area contributed by atoms with Gasteiger partial charge in [0.1, 0.15) is 17.3 Å². The molecule has 2 aromatic rings. The van der Waals surface area contributed by atoms with Crippen LogP contribution in [0.4, 0.5) is 0 Å². The molecule has 8 heteroatoms. The van der Waals surface area contributed by atoms with Gasteiger partial charge in [0.15, 0.2) is 9.84 Å². The molecule has 0 fully saturated rings. The molecule has 0 radical (unpaired) electrons. The van der Waals surface area contributed by atoms with Crippen molar-refractivity contribution >= 4 is 15.7 Å². The smallest absolute Gasteiger partial charge is 0.235 e. The summed E-state index contributed by atoms with van der Waals surface area (Å²) in [6.07, 6.45) is 0.736. The number of amides is 1. The van der Waals surface area contributed by atoms with E-state index in [1.165, 1.54) is 0 Å². The molecule has 0 unspecified atom stereocenters. The Morgan fingerprint density at radius 2 is 1.96 bits per heavy atom. The third kappa shape index (κ3) is 5.32. The van der Waals surface area contributed by atoms with Crippen molar-refractivity contribution in [3.05, 3.63) is 35.7 Å². The second kappa shape index (κ2) is 8.35. The van der Waals surface area contributed by atoms with E-state index in [-0.39, 0.29) is 11.8 Å². The maximum absolute atomic E-state index is 12.3. The van der Waals surface area contributed by atoms with Crippen LogP contribution in [0.3, 0.4) is 0 Å². The summed E-state index contributed by atoms with van der Waals surface area (Å²) in [5, 5.41) is 2.65. The highest BCUT2D eigenvalue weighted by atomic mass is 32.2. The first-order chi connectivity index (χ1) is 12.2. The van der Waals surface area contributed by atoms with Crippen LogP contribution in [0.25, 0.3) is 11.5 Å². The van der Waals surface area contributed by atoms with Crippen molar-refractivity contribution in [2.24, 2.45) is 0 Å². The maximum Gasteiger partial charge on any atom is 0.235 e. The molecule has 0 aliphatic rings. The van der Waals surface area contributed by atoms with Crippen LogP contribution < -0.4 is 10.1 Å². The van der Waals surface area contributed by atoms with Gasteiger partial charge in [-0.3, -0.25) is 4.79 Å². The quantitative estimate of drug-likeness (QED) is 0.755. The molecule has 0 spiro atoms. The molecular weight excluding hydrogens is 356 g/mol. The van der Waals surface area contributed by atoms with Gasteiger partial charge in [0.2, 0.25) is 11.8 Å². The zero-order chi connectivity index (χ0) is 19.3. The number of oxazole rings is 1. The monoisotopic (exact) mass is 380 g/mol. The van der Waals surface area contributed by atoms with Gasteiger partial charge in [-0.15, -0.1) is 0 Å². The predicted octanol–water partition coefficient (Wildman–Crippen LogP) is 2.49. The zero-order valence-corrected chi connectivity index (χ0v) is 16.2. The van der Waals surface area contributed by atoms with E-state index >= 15 is 0 Å². The summed E-state index contributed by atoms with van der Waals surface area (Å²) in [5.74, 6) is 0.0395. The number of carbonyl (C=O) groups excluding carboxylic acids is 1. The normalized spacial score (nSPS) is 12.6. The van der Waals surface area contributed by atoms with E-state index < -0.39 is 21.5 Å². The summed E-state index contributed by atoms with van der Waals surface area (Å²) in [6, 6.07) is 7.03. The van der Waals surface area contributed by atoms with Crippen molar-refractivity contribution in [2.45, 2.75) is 39.0 Å². The van der Waals surface area contributed by atoms with Crippen LogP contribution in [0.2, 0.25) is 0 Å². The topological polar surface area (TPSA) is 98.5 Å². The second-order valence-corrected chi connectivity index (χ2v) is 8.22. The summed E-state index contributed by atoms with van der Waals surface area (Å²) in [7, 11) is -2.07. The van der Waals surface area contributed by atoms with Crippen LogP contribution in [0, 0.1) is 6.92 Å². The number of ether oxygens (including phenoxy) is 1. The molecule has 2 rings (SSSR count). The molecule has 7 nitrogen and oxygen atoms in total. The number of nitrogens with one attached hydrogen (secondary N) is 1. The van der Waals surface area contributed by atoms with Crippen molar-refractivity contribution < 1.29 is 22.4 Å². The Hall–Kier alpha value is -2.35. The number of aryl methyl sites for hydroxylation is 1. The first kappa shape index (κ1) is 20.0. The molecule has 0 saturated carbocycles. The Bertz CT molecular complexity index is 856. The lowest BCUT2D eigenvalue weighted by Crippen LogP contribution is -2.36. The van der Waals surface area contributed by atoms with Crippen LogP contribution >= 0.6 is 0 Å². The minimum atomic E-state index is -3.64. The van der Waals surface area contributed by atoms with Gasteiger partial charge < -0.3 is 14.5 Å². The third-order valence-corrected chi connectivity index (χ3v) is 5.37. The molecule has 1 heterocycles. The Morgan fingerprint density at radius 1 is 1.31 bits per heavy atom. The Labute approximate surface area is 153 Å². The van der Waals surface area contributed by atoms with E-state index in [2.05, 4.69) is 10.3 Å². The number of benzene rings is 1. The van der Waals surface area contributed by atoms with Gasteiger partial charge in [-0.05, 0) is 44.5 Å². The van der Waals surface area contributed by atoms with E-state index in [4.69, 9.17) is 9.15 Å². The number of hydrogen-bond acceptors (Lipinski definition) is 6. The Kier molecular flexibility index (Phi) is 6.42. The Morgan fingerprint density at radius 3 is 2.54 bits per heavy atom. The molecule has 142 valence electrons. The summed E-state index contributed by atoms with van der Waals surface area (Å²) >= 11 is 0. The van der Waals surface area contributed by atoms with E-state index in [0.717, 1.165) is 6.42 Å². The number of aromatic nitrogens is 1. The van der Waals surface area contributed by atoms with Crippen molar-refractivity contribution in [3.63, 3.8) is 0 Å². The fraction of sp³-hybridized carbons (Fsp3) is 0.444. The van der Waals surface area contributed by atoms with Gasteiger partial charge in [0, 0.05) is 11.6 Å². The molecule has 1 atom stereocenters. The van der Waals surface area contributed by atoms with Gasteiger partial charge in [-0.1, -0.05) is 6.92 Å². The van der Waals surface area contributed by atoms with Gasteiger partial charge in [-0.2, -0.15) is 0 Å². The van der Waals surface area contributed by atoms with Gasteiger partial charge >= 0.3 is 0 Å². The fourth-order valence-electron chi connectivity index (χ4n) is 2.30. The van der Waals surface area contributed by atoms with Crippen LogP contribution in [-0.2, 0) is 20.4 Å². The van der Waals surface area contributed by atoms with E-state index in [0.29, 0.717) is 28.7 Å². The van der Waals surface area contributed by atoms with E-state index in [9.17, 15) is 13.2 Å². The molecule has 0 saturated heterocycles. The van der Waals surface area contributed by atoms with Gasteiger partial charge in [0.25, 0.3) is 0 Å². The van der Waals surface area contributed by atoms with Crippen molar-refractivity contribution in [1.82, 2.24) is 10.3 Å². The van der Waals surface area contributed by atoms with Crippen LogP contribution in [-0.4, -0.2) is 38.2 Å². The predicted molar refractivity (Wildman–Crippen MR) is 98.6 cm³/mol. The third-order valence-electron chi connectivity index (χ3n) is 3.96. The van der Waals surface area contributed by atoms with Crippen molar-refractivity contribution in [3.8, 4) is 17.2 Å². The zero-order valence-electron chi connectivity index (χ0n) is 15.4. The average Bonchev–Trinajstić information content (AvgIpc) is 2.94. The first-order valence-corrected chi connectivity index (χ1v) is 10.2. The summed E-state index contributed by atoms with van der Waals surface area (Å²) in [5.41, 5.74) is 1.03. The number of methoxy groups -OCH3 is 1. The summed E-state index contributed by atoms with van der Waals surface area (Å²) in [6.45, 7) is 5.40. The highest BCUT2D eigenvalue weighted by Crippen LogP contribution is 2.25. The summed E-state index contributed by atoms with van der Waals surface area (Å²) < 4.78 is 35.3. The standard InChI is InChI=1S/C18H24N2O5S/c1-5-12(2)19-17(21)11-26(22,23)10-16-13(3)25-18(20-16)14-6-8-15(24-4)9-7-14/h6-9,12H,5,10-11H2,1-4H3,(H,19,21)/t12-/m1/s1. The molecule has 1 N–H and O–H groups in total. The van der Waals surface area contributed by atoms with Crippen molar-refractivity contribution in [2.75, 3.05) is 12.9 Å². The molecule has 26 heavy (non-hydrogen) atoms. The fourth-order valence-corrected chi connectivity index (χ4v) is 3.57. The number of carbonyl (C=O) groups is 1. The number of hydrogen-bond donors (Lipinski definition) is 1. The highest BCUT2D eigenvalue weighted by molar-refractivity contribution is 7.91. The minimum Gasteiger partial charge on any atom is -0.497 e. The number of sulfone groups is 1. The van der Waals surface area contributed by atoms with Gasteiger partial charge in [0.05, 0.1) is 18.6 Å². The molecule has 0 bridgehead atoms. The SMILES string of the molecule is CC[C@@H](C)NC(=O)CS(=O)(=O)Cc1nc(-c2ccc(OC)cc2)oc1C. The average molecular weight is 380 g/mol. The number of rotatable bonds is 8. The minimum absolute atomic E-state index is 0.0619. The maximum atomic E-state index is 12.3. The van der Waals surface area contributed by atoms with E-state index in [1.807, 2.05) is 13.8 Å². The van der Waals surface area contributed by atoms with Crippen LogP contribution in [0.5, 0.6) is 5.75 Å². The highest BCUT2D eigenvalue weighted by Gasteiger charge is 2.22.